The maximum absolute atomic E-state index is 13.8. The van der Waals surface area contributed by atoms with E-state index in [-0.39, 0.29) is 47.7 Å². The predicted molar refractivity (Wildman–Crippen MR) is 143 cm³/mol. The molecule has 0 aromatic carbocycles. The zero-order chi connectivity index (χ0) is 26.7. The highest BCUT2D eigenvalue weighted by Gasteiger charge is 2.36. The highest BCUT2D eigenvalue weighted by molar-refractivity contribution is 8.26. The van der Waals surface area contributed by atoms with Crippen LogP contribution in [0.1, 0.15) is 24.5 Å². The molecule has 0 aliphatic carbocycles. The van der Waals surface area contributed by atoms with E-state index < -0.39 is 17.6 Å². The topological polar surface area (TPSA) is 123 Å². The number of hydrogen-bond donors (Lipinski definition) is 1. The molecule has 37 heavy (non-hydrogen) atoms. The van der Waals surface area contributed by atoms with E-state index in [9.17, 15) is 19.2 Å². The molecule has 2 aromatic heterocycles. The number of aromatic nitrogens is 2. The van der Waals surface area contributed by atoms with E-state index in [1.54, 1.807) is 24.1 Å². The van der Waals surface area contributed by atoms with E-state index in [2.05, 4.69) is 5.32 Å². The number of amides is 2. The van der Waals surface area contributed by atoms with Gasteiger partial charge in [0.25, 0.3) is 11.5 Å². The number of anilines is 1. The van der Waals surface area contributed by atoms with Crippen LogP contribution in [-0.4, -0.2) is 82.4 Å². The molecule has 11 nitrogen and oxygen atoms in total. The Morgan fingerprint density at radius 3 is 2.84 bits per heavy atom. The summed E-state index contributed by atoms with van der Waals surface area (Å²) < 4.78 is 11.9. The largest absolute Gasteiger partial charge is 0.466 e. The van der Waals surface area contributed by atoms with Crippen LogP contribution < -0.4 is 15.8 Å². The number of nitrogens with one attached hydrogen (secondary N) is 1. The number of carbonyl (C=O) groups excluding carboxylic acids is 3. The summed E-state index contributed by atoms with van der Waals surface area (Å²) >= 11 is 6.46. The molecule has 2 amide bonds. The van der Waals surface area contributed by atoms with Gasteiger partial charge in [0.15, 0.2) is 0 Å². The number of hydrogen-bond acceptors (Lipinski definition) is 10. The second kappa shape index (κ2) is 11.4. The van der Waals surface area contributed by atoms with Gasteiger partial charge in [0, 0.05) is 26.4 Å². The fraction of sp³-hybridized carbons (Fsp3) is 0.417. The average molecular weight is 546 g/mol. The third-order valence-corrected chi connectivity index (χ3v) is 7.30. The van der Waals surface area contributed by atoms with Gasteiger partial charge >= 0.3 is 5.97 Å². The summed E-state index contributed by atoms with van der Waals surface area (Å²) in [5, 5.41) is 2.76. The van der Waals surface area contributed by atoms with Gasteiger partial charge in [0.1, 0.15) is 21.8 Å². The van der Waals surface area contributed by atoms with Crippen molar-refractivity contribution < 1.29 is 23.9 Å². The van der Waals surface area contributed by atoms with Gasteiger partial charge in [-0.05, 0) is 31.6 Å². The summed E-state index contributed by atoms with van der Waals surface area (Å²) in [6.07, 6.45) is 2.92. The number of aryl methyl sites for hydroxylation is 1. The molecular formula is C24H27N5O6S2. The normalized spacial score (nSPS) is 19.2. The van der Waals surface area contributed by atoms with Crippen molar-refractivity contribution in [1.29, 1.82) is 0 Å². The molecular weight excluding hydrogens is 518 g/mol. The fourth-order valence-electron chi connectivity index (χ4n) is 4.15. The Balaban J connectivity index is 1.86. The van der Waals surface area contributed by atoms with Crippen LogP contribution in [0.4, 0.5) is 5.82 Å². The Morgan fingerprint density at radius 2 is 2.11 bits per heavy atom. The number of piperazine rings is 1. The third-order valence-electron chi connectivity index (χ3n) is 5.92. The van der Waals surface area contributed by atoms with E-state index in [4.69, 9.17) is 26.7 Å². The molecule has 1 N–H and O–H groups in total. The fourth-order valence-corrected chi connectivity index (χ4v) is 5.44. The van der Waals surface area contributed by atoms with Crippen LogP contribution in [0, 0.1) is 6.92 Å². The van der Waals surface area contributed by atoms with Crippen molar-refractivity contribution in [3.05, 3.63) is 44.7 Å². The van der Waals surface area contributed by atoms with Crippen molar-refractivity contribution in [3.8, 4) is 0 Å². The van der Waals surface area contributed by atoms with Crippen LogP contribution in [0.15, 0.2) is 28.0 Å². The summed E-state index contributed by atoms with van der Waals surface area (Å²) in [5.41, 5.74) is 0.931. The Bertz CT molecular complexity index is 1360. The summed E-state index contributed by atoms with van der Waals surface area (Å²) in [7, 11) is 1.53. The lowest BCUT2D eigenvalue weighted by molar-refractivity contribution is -0.145. The Kier molecular flexibility index (Phi) is 8.25. The standard InChI is InChI=1S/C24H27N5O6S2/c1-4-35-19(30)12-16-21(31)25-7-8-27(16)20-15(22(32)29-13-14(2)5-6-18(29)26-20)11-17-23(33)28(9-10-34-3)24(36)37-17/h5-6,11,13,16H,4,7-10,12H2,1-3H3,(H,25,31)/b17-11-. The minimum absolute atomic E-state index is 0.124. The number of carbonyl (C=O) groups is 3. The smallest absolute Gasteiger partial charge is 0.308 e. The molecule has 2 aliphatic rings. The summed E-state index contributed by atoms with van der Waals surface area (Å²) in [6.45, 7) is 4.91. The van der Waals surface area contributed by atoms with E-state index >= 15 is 0 Å². The first-order chi connectivity index (χ1) is 17.7. The van der Waals surface area contributed by atoms with Crippen molar-refractivity contribution in [2.45, 2.75) is 26.3 Å². The molecule has 0 bridgehead atoms. The number of nitrogens with zero attached hydrogens (tertiary/aromatic N) is 4. The summed E-state index contributed by atoms with van der Waals surface area (Å²) in [5.74, 6) is -1.04. The first kappa shape index (κ1) is 26.8. The lowest BCUT2D eigenvalue weighted by Gasteiger charge is -2.36. The van der Waals surface area contributed by atoms with Gasteiger partial charge in [0.2, 0.25) is 5.91 Å². The van der Waals surface area contributed by atoms with Crippen molar-refractivity contribution in [2.24, 2.45) is 0 Å². The van der Waals surface area contributed by atoms with Crippen LogP contribution in [0.2, 0.25) is 0 Å². The highest BCUT2D eigenvalue weighted by Crippen LogP contribution is 2.34. The van der Waals surface area contributed by atoms with E-state index in [1.807, 2.05) is 13.0 Å². The number of pyridine rings is 1. The predicted octanol–water partition coefficient (Wildman–Crippen LogP) is 1.11. The number of fused-ring (bicyclic) bond motifs is 1. The Hall–Kier alpha value is -3.29. The second-order valence-corrected chi connectivity index (χ2v) is 10.1. The van der Waals surface area contributed by atoms with Crippen molar-refractivity contribution >= 4 is 63.6 Å². The maximum atomic E-state index is 13.8. The van der Waals surface area contributed by atoms with Crippen molar-refractivity contribution in [3.63, 3.8) is 0 Å². The zero-order valence-corrected chi connectivity index (χ0v) is 22.3. The minimum atomic E-state index is -0.934. The first-order valence-corrected chi connectivity index (χ1v) is 12.9. The number of thioether (sulfide) groups is 1. The van der Waals surface area contributed by atoms with Crippen LogP contribution in [-0.2, 0) is 23.9 Å². The minimum Gasteiger partial charge on any atom is -0.466 e. The van der Waals surface area contributed by atoms with E-state index in [0.717, 1.165) is 17.3 Å². The molecule has 2 fully saturated rings. The molecule has 2 saturated heterocycles. The van der Waals surface area contributed by atoms with Gasteiger partial charge in [-0.2, -0.15) is 0 Å². The third kappa shape index (κ3) is 5.53. The van der Waals surface area contributed by atoms with Crippen LogP contribution in [0.5, 0.6) is 0 Å². The highest BCUT2D eigenvalue weighted by atomic mass is 32.2. The SMILES string of the molecule is CCOC(=O)CC1C(=O)NCCN1c1nc2ccc(C)cn2c(=O)c1/C=C1\SC(=S)N(CCOC)C1=O. The number of thiocarbonyl (C=S) groups is 1. The second-order valence-electron chi connectivity index (χ2n) is 8.42. The van der Waals surface area contributed by atoms with E-state index in [1.165, 1.54) is 22.5 Å². The van der Waals surface area contributed by atoms with Gasteiger partial charge in [0.05, 0.1) is 36.6 Å². The Morgan fingerprint density at radius 1 is 1.32 bits per heavy atom. The lowest BCUT2D eigenvalue weighted by atomic mass is 10.1. The van der Waals surface area contributed by atoms with Crippen molar-refractivity contribution in [2.75, 3.05) is 44.9 Å². The molecule has 4 heterocycles. The van der Waals surface area contributed by atoms with Crippen molar-refractivity contribution in [1.82, 2.24) is 19.6 Å². The van der Waals surface area contributed by atoms with Gasteiger partial charge in [-0.3, -0.25) is 28.5 Å². The van der Waals surface area contributed by atoms with Gasteiger partial charge in [-0.25, -0.2) is 4.98 Å². The average Bonchev–Trinajstić information content (AvgIpc) is 3.13. The molecule has 4 rings (SSSR count). The maximum Gasteiger partial charge on any atom is 0.308 e. The number of esters is 1. The molecule has 2 aromatic rings. The molecule has 1 atom stereocenters. The number of rotatable bonds is 8. The van der Waals surface area contributed by atoms with Gasteiger partial charge < -0.3 is 19.7 Å². The quantitative estimate of drug-likeness (QED) is 0.293. The van der Waals surface area contributed by atoms with Crippen LogP contribution in [0.3, 0.4) is 0 Å². The molecule has 196 valence electrons. The molecule has 0 radical (unpaired) electrons. The van der Waals surface area contributed by atoms with Gasteiger partial charge in [-0.1, -0.05) is 30.0 Å². The van der Waals surface area contributed by atoms with Gasteiger partial charge in [-0.15, -0.1) is 0 Å². The molecule has 13 heteroatoms. The molecule has 0 spiro atoms. The summed E-state index contributed by atoms with van der Waals surface area (Å²) in [6, 6.07) is 2.60. The number of ether oxygens (including phenoxy) is 2. The van der Waals surface area contributed by atoms with E-state index in [0.29, 0.717) is 29.7 Å². The summed E-state index contributed by atoms with van der Waals surface area (Å²) in [4.78, 5) is 60.0. The first-order valence-electron chi connectivity index (χ1n) is 11.7. The zero-order valence-electron chi connectivity index (χ0n) is 20.7. The Labute approximate surface area is 222 Å². The van der Waals surface area contributed by atoms with Crippen LogP contribution >= 0.6 is 24.0 Å². The van der Waals surface area contributed by atoms with Crippen LogP contribution in [0.25, 0.3) is 11.7 Å². The number of methoxy groups -OCH3 is 1. The molecule has 1 unspecified atom stereocenters. The molecule has 0 saturated carbocycles. The monoisotopic (exact) mass is 545 g/mol. The lowest BCUT2D eigenvalue weighted by Crippen LogP contribution is -2.57. The molecule has 2 aliphatic heterocycles.